The van der Waals surface area contributed by atoms with E-state index in [4.69, 9.17) is 0 Å². The summed E-state index contributed by atoms with van der Waals surface area (Å²) in [6.07, 6.45) is -0.768. The quantitative estimate of drug-likeness (QED) is 0.840. The van der Waals surface area contributed by atoms with Crippen LogP contribution in [0, 0.1) is 0 Å². The van der Waals surface area contributed by atoms with Gasteiger partial charge in [0.15, 0.2) is 0 Å². The average molecular weight is 291 g/mol. The minimum Gasteiger partial charge on any atom is -0.480 e. The Bertz CT molecular complexity index is 496. The van der Waals surface area contributed by atoms with E-state index in [1.165, 1.54) is 0 Å². The fraction of sp³-hybridized carbons (Fsp3) is 0.667. The van der Waals surface area contributed by atoms with Gasteiger partial charge in [0.05, 0.1) is 11.8 Å². The molecule has 1 saturated carbocycles. The summed E-state index contributed by atoms with van der Waals surface area (Å²) in [5.74, 6) is -1.01. The molecular formula is C12H16F3N3O2. The van der Waals surface area contributed by atoms with Gasteiger partial charge in [-0.2, -0.15) is 18.3 Å². The molecule has 1 heterocycles. The highest BCUT2D eigenvalue weighted by atomic mass is 19.4. The minimum absolute atomic E-state index is 0.110. The van der Waals surface area contributed by atoms with Gasteiger partial charge in [-0.1, -0.05) is 0 Å². The third-order valence-electron chi connectivity index (χ3n) is 3.37. The lowest BCUT2D eigenvalue weighted by atomic mass is 9.98. The van der Waals surface area contributed by atoms with Crippen LogP contribution in [0.15, 0.2) is 12.4 Å². The molecule has 0 aliphatic heterocycles. The van der Waals surface area contributed by atoms with Gasteiger partial charge in [0.25, 0.3) is 0 Å². The van der Waals surface area contributed by atoms with Crippen LogP contribution in [0.1, 0.15) is 31.7 Å². The van der Waals surface area contributed by atoms with Gasteiger partial charge in [-0.15, -0.1) is 0 Å². The van der Waals surface area contributed by atoms with Crippen molar-refractivity contribution in [1.29, 1.82) is 0 Å². The molecule has 20 heavy (non-hydrogen) atoms. The number of nitrogens with one attached hydrogen (secondary N) is 1. The van der Waals surface area contributed by atoms with Crippen LogP contribution in [0.2, 0.25) is 0 Å². The van der Waals surface area contributed by atoms with Crippen LogP contribution >= 0.6 is 0 Å². The molecule has 2 N–H and O–H groups in total. The summed E-state index contributed by atoms with van der Waals surface area (Å²) >= 11 is 0. The van der Waals surface area contributed by atoms with E-state index < -0.39 is 23.2 Å². The monoisotopic (exact) mass is 291 g/mol. The average Bonchev–Trinajstić information content (AvgIpc) is 2.99. The second kappa shape index (κ2) is 5.08. The topological polar surface area (TPSA) is 67.2 Å². The van der Waals surface area contributed by atoms with Crippen LogP contribution in [0.25, 0.3) is 0 Å². The van der Waals surface area contributed by atoms with E-state index in [-0.39, 0.29) is 19.0 Å². The lowest BCUT2D eigenvalue weighted by Gasteiger charge is -2.26. The van der Waals surface area contributed by atoms with Crippen molar-refractivity contribution in [3.05, 3.63) is 18.0 Å². The summed E-state index contributed by atoms with van der Waals surface area (Å²) in [4.78, 5) is 11.3. The molecule has 5 nitrogen and oxygen atoms in total. The smallest absolute Gasteiger partial charge is 0.419 e. The van der Waals surface area contributed by atoms with Crippen LogP contribution < -0.4 is 5.32 Å². The van der Waals surface area contributed by atoms with Gasteiger partial charge in [-0.3, -0.25) is 14.8 Å². The molecule has 1 aromatic heterocycles. The Balaban J connectivity index is 1.98. The summed E-state index contributed by atoms with van der Waals surface area (Å²) in [5, 5.41) is 15.9. The SMILES string of the molecule is CC(CCn1cc(C(F)(F)F)cn1)(NC1CC1)C(=O)O. The number of aromatic nitrogens is 2. The molecule has 0 amide bonds. The first-order chi connectivity index (χ1) is 9.21. The molecule has 1 aromatic rings. The lowest BCUT2D eigenvalue weighted by molar-refractivity contribution is -0.144. The second-order valence-corrected chi connectivity index (χ2v) is 5.30. The Kier molecular flexibility index (Phi) is 3.77. The number of alkyl halides is 3. The lowest BCUT2D eigenvalue weighted by Crippen LogP contribution is -2.51. The third kappa shape index (κ3) is 3.50. The molecule has 1 unspecified atom stereocenters. The fourth-order valence-electron chi connectivity index (χ4n) is 1.89. The minimum atomic E-state index is -4.43. The fourth-order valence-corrected chi connectivity index (χ4v) is 1.89. The Morgan fingerprint density at radius 2 is 2.20 bits per heavy atom. The number of hydrogen-bond donors (Lipinski definition) is 2. The Morgan fingerprint density at radius 3 is 2.65 bits per heavy atom. The zero-order valence-electron chi connectivity index (χ0n) is 10.9. The maximum atomic E-state index is 12.4. The van der Waals surface area contributed by atoms with Crippen molar-refractivity contribution in [1.82, 2.24) is 15.1 Å². The van der Waals surface area contributed by atoms with Gasteiger partial charge in [0.2, 0.25) is 0 Å². The molecule has 2 rings (SSSR count). The van der Waals surface area contributed by atoms with Crippen molar-refractivity contribution in [2.75, 3.05) is 0 Å². The summed E-state index contributed by atoms with van der Waals surface area (Å²) in [6.45, 7) is 1.65. The standard InChI is InChI=1S/C12H16F3N3O2/c1-11(10(19)20,17-9-2-3-9)4-5-18-7-8(6-16-18)12(13,14)15/h6-7,9,17H,2-5H2,1H3,(H,19,20). The number of hydrogen-bond acceptors (Lipinski definition) is 3. The first kappa shape index (κ1) is 14.8. The maximum Gasteiger partial charge on any atom is 0.419 e. The van der Waals surface area contributed by atoms with Crippen molar-refractivity contribution in [3.63, 3.8) is 0 Å². The largest absolute Gasteiger partial charge is 0.480 e. The van der Waals surface area contributed by atoms with E-state index in [0.29, 0.717) is 0 Å². The van der Waals surface area contributed by atoms with Crippen LogP contribution in [-0.4, -0.2) is 32.4 Å². The molecule has 0 radical (unpaired) electrons. The van der Waals surface area contributed by atoms with Crippen LogP contribution in [0.4, 0.5) is 13.2 Å². The molecule has 8 heteroatoms. The summed E-state index contributed by atoms with van der Waals surface area (Å²) in [5.41, 5.74) is -1.98. The van der Waals surface area contributed by atoms with Gasteiger partial charge < -0.3 is 5.11 Å². The summed E-state index contributed by atoms with van der Waals surface area (Å²) < 4.78 is 38.4. The number of rotatable bonds is 6. The van der Waals surface area contributed by atoms with E-state index in [1.54, 1.807) is 6.92 Å². The Hall–Kier alpha value is -1.57. The molecule has 0 spiro atoms. The second-order valence-electron chi connectivity index (χ2n) is 5.30. The van der Waals surface area contributed by atoms with Gasteiger partial charge in [-0.05, 0) is 26.2 Å². The van der Waals surface area contributed by atoms with Crippen LogP contribution in [0.5, 0.6) is 0 Å². The van der Waals surface area contributed by atoms with Crippen molar-refractivity contribution in [2.45, 2.75) is 50.5 Å². The van der Waals surface area contributed by atoms with E-state index in [0.717, 1.165) is 29.9 Å². The molecule has 1 aliphatic carbocycles. The Labute approximate surface area is 113 Å². The number of carboxylic acid groups (broad SMARTS) is 1. The molecule has 0 aromatic carbocycles. The highest BCUT2D eigenvalue weighted by Crippen LogP contribution is 2.29. The number of nitrogens with zero attached hydrogens (tertiary/aromatic N) is 2. The van der Waals surface area contributed by atoms with Gasteiger partial charge in [0, 0.05) is 18.8 Å². The van der Waals surface area contributed by atoms with Crippen molar-refractivity contribution >= 4 is 5.97 Å². The number of halogens is 3. The summed E-state index contributed by atoms with van der Waals surface area (Å²) in [7, 11) is 0. The number of carboxylic acids is 1. The van der Waals surface area contributed by atoms with Crippen LogP contribution in [0.3, 0.4) is 0 Å². The number of aryl methyl sites for hydroxylation is 1. The molecule has 112 valence electrons. The number of carbonyl (C=O) groups is 1. The molecule has 0 saturated heterocycles. The van der Waals surface area contributed by atoms with Crippen molar-refractivity contribution in [2.24, 2.45) is 0 Å². The van der Waals surface area contributed by atoms with Gasteiger partial charge in [0.1, 0.15) is 5.54 Å². The highest BCUT2D eigenvalue weighted by molar-refractivity contribution is 5.78. The first-order valence-corrected chi connectivity index (χ1v) is 6.31. The summed E-state index contributed by atoms with van der Waals surface area (Å²) in [6, 6.07) is 0.194. The molecule has 1 fully saturated rings. The highest BCUT2D eigenvalue weighted by Gasteiger charge is 2.38. The van der Waals surface area contributed by atoms with Gasteiger partial charge >= 0.3 is 12.1 Å². The van der Waals surface area contributed by atoms with Gasteiger partial charge in [-0.25, -0.2) is 0 Å². The molecular weight excluding hydrogens is 275 g/mol. The van der Waals surface area contributed by atoms with Crippen molar-refractivity contribution in [3.8, 4) is 0 Å². The van der Waals surface area contributed by atoms with E-state index in [2.05, 4.69) is 10.4 Å². The van der Waals surface area contributed by atoms with Crippen LogP contribution in [-0.2, 0) is 17.5 Å². The van der Waals surface area contributed by atoms with Crippen molar-refractivity contribution < 1.29 is 23.1 Å². The predicted octanol–water partition coefficient (Wildman–Crippen LogP) is 1.89. The molecule has 0 bridgehead atoms. The van der Waals surface area contributed by atoms with E-state index in [1.807, 2.05) is 0 Å². The zero-order chi connectivity index (χ0) is 15.0. The first-order valence-electron chi connectivity index (χ1n) is 6.31. The molecule has 1 aliphatic rings. The predicted molar refractivity (Wildman–Crippen MR) is 64.0 cm³/mol. The normalized spacial score (nSPS) is 18.8. The number of aliphatic carboxylic acids is 1. The zero-order valence-corrected chi connectivity index (χ0v) is 10.9. The van der Waals surface area contributed by atoms with E-state index >= 15 is 0 Å². The van der Waals surface area contributed by atoms with E-state index in [9.17, 15) is 23.1 Å². The maximum absolute atomic E-state index is 12.4. The Morgan fingerprint density at radius 1 is 1.55 bits per heavy atom. The molecule has 1 atom stereocenters. The third-order valence-corrected chi connectivity index (χ3v) is 3.37.